The van der Waals surface area contributed by atoms with Crippen molar-refractivity contribution in [3.63, 3.8) is 0 Å². The lowest BCUT2D eigenvalue weighted by atomic mass is 10.1. The van der Waals surface area contributed by atoms with Gasteiger partial charge < -0.3 is 15.1 Å². The minimum atomic E-state index is -1.60. The van der Waals surface area contributed by atoms with Crippen LogP contribution in [0.3, 0.4) is 0 Å². The zero-order valence-corrected chi connectivity index (χ0v) is 14.3. The average molecular weight is 286 g/mol. The van der Waals surface area contributed by atoms with Crippen molar-refractivity contribution in [2.45, 2.75) is 51.0 Å². The van der Waals surface area contributed by atoms with Crippen LogP contribution >= 0.6 is 0 Å². The highest BCUT2D eigenvalue weighted by Crippen LogP contribution is 2.36. The smallest absolute Gasteiger partial charge is 0.192 e. The molecule has 112 valence electrons. The molecule has 2 unspecified atom stereocenters. The number of nitrogens with zero attached hydrogens (tertiary/aromatic N) is 1. The van der Waals surface area contributed by atoms with E-state index in [1.807, 2.05) is 0 Å². The molecule has 0 spiro atoms. The minimum Gasteiger partial charge on any atom is -0.415 e. The van der Waals surface area contributed by atoms with Crippen molar-refractivity contribution < 1.29 is 4.43 Å². The zero-order chi connectivity index (χ0) is 14.1. The summed E-state index contributed by atoms with van der Waals surface area (Å²) in [4.78, 5) is 2.62. The second-order valence-corrected chi connectivity index (χ2v) is 12.3. The van der Waals surface area contributed by atoms with E-state index in [0.717, 1.165) is 32.8 Å². The summed E-state index contributed by atoms with van der Waals surface area (Å²) < 4.78 is 6.35. The molecule has 4 nitrogen and oxygen atoms in total. The van der Waals surface area contributed by atoms with Crippen LogP contribution in [0.25, 0.3) is 0 Å². The van der Waals surface area contributed by atoms with Gasteiger partial charge >= 0.3 is 0 Å². The molecule has 2 aliphatic heterocycles. The van der Waals surface area contributed by atoms with Crippen LogP contribution in [0, 0.1) is 0 Å². The average Bonchev–Trinajstić information content (AvgIpc) is 2.35. The third kappa shape index (κ3) is 3.79. The van der Waals surface area contributed by atoms with Crippen LogP contribution in [0.4, 0.5) is 0 Å². The van der Waals surface area contributed by atoms with Crippen LogP contribution < -0.4 is 10.6 Å². The molecular weight excluding hydrogens is 254 g/mol. The Morgan fingerprint density at radius 3 is 2.68 bits per heavy atom. The lowest BCUT2D eigenvalue weighted by molar-refractivity contribution is 0.0851. The van der Waals surface area contributed by atoms with E-state index in [4.69, 9.17) is 4.43 Å². The van der Waals surface area contributed by atoms with Crippen molar-refractivity contribution in [3.8, 4) is 0 Å². The molecule has 0 aliphatic carbocycles. The number of rotatable bonds is 3. The van der Waals surface area contributed by atoms with E-state index in [2.05, 4.69) is 49.4 Å². The van der Waals surface area contributed by atoms with Gasteiger partial charge in [0.15, 0.2) is 8.32 Å². The summed E-state index contributed by atoms with van der Waals surface area (Å²) in [5.41, 5.74) is 0. The molecule has 5 heteroatoms. The Morgan fingerprint density at radius 1 is 1.26 bits per heavy atom. The van der Waals surface area contributed by atoms with Crippen LogP contribution in [0.2, 0.25) is 18.1 Å². The molecule has 2 rings (SSSR count). The summed E-state index contributed by atoms with van der Waals surface area (Å²) in [6, 6.07) is 1.18. The SMILES string of the molecule is CC(C)(C)[Si](C)(C)OCC1CN2CCNCC2CN1. The van der Waals surface area contributed by atoms with E-state index in [9.17, 15) is 0 Å². The number of nitrogens with one attached hydrogen (secondary N) is 2. The van der Waals surface area contributed by atoms with E-state index in [0.29, 0.717) is 17.1 Å². The molecule has 19 heavy (non-hydrogen) atoms. The highest BCUT2D eigenvalue weighted by molar-refractivity contribution is 6.74. The quantitative estimate of drug-likeness (QED) is 0.765. The molecule has 0 aromatic heterocycles. The Bertz CT molecular complexity index is 304. The predicted octanol–water partition coefficient (Wildman–Crippen LogP) is 1.25. The summed E-state index contributed by atoms with van der Waals surface area (Å²) >= 11 is 0. The number of piperazine rings is 2. The molecule has 0 bridgehead atoms. The summed E-state index contributed by atoms with van der Waals surface area (Å²) in [6.07, 6.45) is 0. The van der Waals surface area contributed by atoms with Crippen molar-refractivity contribution in [3.05, 3.63) is 0 Å². The Hall–Kier alpha value is 0.0569. The molecule has 2 heterocycles. The molecule has 2 saturated heterocycles. The second kappa shape index (κ2) is 5.82. The molecule has 0 aromatic rings. The Labute approximate surface area is 119 Å². The first-order valence-electron chi connectivity index (χ1n) is 7.62. The van der Waals surface area contributed by atoms with E-state index in [1.165, 1.54) is 6.54 Å². The van der Waals surface area contributed by atoms with Crippen LogP contribution in [-0.4, -0.2) is 64.6 Å². The van der Waals surface area contributed by atoms with Gasteiger partial charge in [0, 0.05) is 44.8 Å². The summed E-state index contributed by atoms with van der Waals surface area (Å²) in [5.74, 6) is 0. The van der Waals surface area contributed by atoms with E-state index >= 15 is 0 Å². The first kappa shape index (κ1) is 15.4. The van der Waals surface area contributed by atoms with Crippen molar-refractivity contribution >= 4 is 8.32 Å². The van der Waals surface area contributed by atoms with Gasteiger partial charge in [0.25, 0.3) is 0 Å². The standard InChI is InChI=1S/C14H31N3OSi/c1-14(2,3)19(4,5)18-11-12-10-17-7-6-15-8-13(17)9-16-12/h12-13,15-16H,6-11H2,1-5H3. The molecular formula is C14H31N3OSi. The van der Waals surface area contributed by atoms with Gasteiger partial charge in [-0.3, -0.25) is 4.90 Å². The van der Waals surface area contributed by atoms with Crippen LogP contribution in [0.1, 0.15) is 20.8 Å². The second-order valence-electron chi connectivity index (χ2n) is 7.53. The molecule has 0 saturated carbocycles. The highest BCUT2D eigenvalue weighted by atomic mass is 28.4. The fourth-order valence-corrected chi connectivity index (χ4v) is 3.58. The maximum Gasteiger partial charge on any atom is 0.192 e. The summed E-state index contributed by atoms with van der Waals surface area (Å²) in [7, 11) is -1.60. The highest BCUT2D eigenvalue weighted by Gasteiger charge is 2.38. The van der Waals surface area contributed by atoms with E-state index in [-0.39, 0.29) is 0 Å². The number of hydrogen-bond donors (Lipinski definition) is 2. The summed E-state index contributed by atoms with van der Waals surface area (Å²) in [5, 5.41) is 7.43. The van der Waals surface area contributed by atoms with Crippen LogP contribution in [0.15, 0.2) is 0 Å². The third-order valence-corrected chi connectivity index (χ3v) is 9.52. The van der Waals surface area contributed by atoms with E-state index in [1.54, 1.807) is 0 Å². The molecule has 0 radical (unpaired) electrons. The van der Waals surface area contributed by atoms with Crippen molar-refractivity contribution in [1.29, 1.82) is 0 Å². The van der Waals surface area contributed by atoms with Crippen LogP contribution in [-0.2, 0) is 4.43 Å². The molecule has 2 aliphatic rings. The Morgan fingerprint density at radius 2 is 2.00 bits per heavy atom. The fourth-order valence-electron chi connectivity index (χ4n) is 2.53. The normalized spacial score (nSPS) is 30.2. The predicted molar refractivity (Wildman–Crippen MR) is 83.2 cm³/mol. The van der Waals surface area contributed by atoms with Gasteiger partial charge in [0.1, 0.15) is 0 Å². The van der Waals surface area contributed by atoms with Crippen molar-refractivity contribution in [2.75, 3.05) is 39.3 Å². The fraction of sp³-hybridized carbons (Fsp3) is 1.00. The van der Waals surface area contributed by atoms with Crippen molar-refractivity contribution in [1.82, 2.24) is 15.5 Å². The van der Waals surface area contributed by atoms with Gasteiger partial charge in [0.05, 0.1) is 6.61 Å². The molecule has 0 amide bonds. The number of hydrogen-bond acceptors (Lipinski definition) is 4. The minimum absolute atomic E-state index is 0.305. The monoisotopic (exact) mass is 285 g/mol. The maximum absolute atomic E-state index is 6.35. The first-order chi connectivity index (χ1) is 8.79. The van der Waals surface area contributed by atoms with Gasteiger partial charge in [0.2, 0.25) is 0 Å². The van der Waals surface area contributed by atoms with Gasteiger partial charge in [-0.2, -0.15) is 0 Å². The lowest BCUT2D eigenvalue weighted by Gasteiger charge is -2.44. The summed E-state index contributed by atoms with van der Waals surface area (Å²) in [6.45, 7) is 18.1. The van der Waals surface area contributed by atoms with Gasteiger partial charge in [-0.15, -0.1) is 0 Å². The zero-order valence-electron chi connectivity index (χ0n) is 13.3. The van der Waals surface area contributed by atoms with Crippen LogP contribution in [0.5, 0.6) is 0 Å². The lowest BCUT2D eigenvalue weighted by Crippen LogP contribution is -2.64. The molecule has 2 N–H and O–H groups in total. The molecule has 0 aromatic carbocycles. The van der Waals surface area contributed by atoms with Gasteiger partial charge in [-0.25, -0.2) is 0 Å². The first-order valence-corrected chi connectivity index (χ1v) is 10.5. The third-order valence-electron chi connectivity index (χ3n) is 5.02. The molecule has 2 fully saturated rings. The maximum atomic E-state index is 6.35. The van der Waals surface area contributed by atoms with Gasteiger partial charge in [-0.05, 0) is 18.1 Å². The Balaban J connectivity index is 1.81. The van der Waals surface area contributed by atoms with Crippen molar-refractivity contribution in [2.24, 2.45) is 0 Å². The molecule has 2 atom stereocenters. The topological polar surface area (TPSA) is 36.5 Å². The number of fused-ring (bicyclic) bond motifs is 1. The largest absolute Gasteiger partial charge is 0.415 e. The Kier molecular flexibility index (Phi) is 4.73. The van der Waals surface area contributed by atoms with Gasteiger partial charge in [-0.1, -0.05) is 20.8 Å². The van der Waals surface area contributed by atoms with E-state index < -0.39 is 8.32 Å².